The maximum absolute atomic E-state index is 4.39. The summed E-state index contributed by atoms with van der Waals surface area (Å²) in [6.07, 6.45) is 0. The van der Waals surface area contributed by atoms with E-state index in [1.165, 1.54) is 11.1 Å². The second kappa shape index (κ2) is 6.18. The average Bonchev–Trinajstić information content (AvgIpc) is 2.36. The van der Waals surface area contributed by atoms with Gasteiger partial charge in [-0.15, -0.1) is 0 Å². The number of hydrogen-bond acceptors (Lipinski definition) is 4. The fourth-order valence-corrected chi connectivity index (χ4v) is 1.94. The molecule has 4 nitrogen and oxygen atoms in total. The van der Waals surface area contributed by atoms with Crippen LogP contribution >= 0.6 is 0 Å². The molecule has 0 atom stereocenters. The van der Waals surface area contributed by atoms with Gasteiger partial charge in [-0.25, -0.2) is 9.97 Å². The summed E-state index contributed by atoms with van der Waals surface area (Å²) in [5.41, 5.74) is 2.52. The zero-order valence-electron chi connectivity index (χ0n) is 11.7. The summed E-state index contributed by atoms with van der Waals surface area (Å²) < 4.78 is 0. The number of anilines is 2. The maximum Gasteiger partial charge on any atom is 0.132 e. The lowest BCUT2D eigenvalue weighted by Crippen LogP contribution is -2.06. The number of aromatic nitrogens is 2. The van der Waals surface area contributed by atoms with Gasteiger partial charge < -0.3 is 10.6 Å². The van der Waals surface area contributed by atoms with Gasteiger partial charge >= 0.3 is 0 Å². The monoisotopic (exact) mass is 256 g/mol. The zero-order chi connectivity index (χ0) is 13.7. The van der Waals surface area contributed by atoms with Gasteiger partial charge in [0.05, 0.1) is 0 Å². The van der Waals surface area contributed by atoms with Gasteiger partial charge in [0.25, 0.3) is 0 Å². The Morgan fingerprint density at radius 3 is 2.42 bits per heavy atom. The van der Waals surface area contributed by atoms with E-state index in [2.05, 4.69) is 58.7 Å². The minimum atomic E-state index is 0.768. The first-order chi connectivity index (χ1) is 9.17. The molecule has 0 bridgehead atoms. The van der Waals surface area contributed by atoms with E-state index >= 15 is 0 Å². The normalized spacial score (nSPS) is 10.3. The molecule has 0 spiro atoms. The van der Waals surface area contributed by atoms with Crippen LogP contribution in [0.2, 0.25) is 0 Å². The predicted molar refractivity (Wildman–Crippen MR) is 79.4 cm³/mol. The van der Waals surface area contributed by atoms with Gasteiger partial charge in [0.2, 0.25) is 0 Å². The van der Waals surface area contributed by atoms with Crippen molar-refractivity contribution in [1.29, 1.82) is 0 Å². The fourth-order valence-electron chi connectivity index (χ4n) is 1.94. The van der Waals surface area contributed by atoms with E-state index in [-0.39, 0.29) is 0 Å². The van der Waals surface area contributed by atoms with E-state index in [1.807, 2.05) is 13.0 Å². The highest BCUT2D eigenvalue weighted by atomic mass is 15.1. The molecule has 0 fully saturated rings. The zero-order valence-corrected chi connectivity index (χ0v) is 11.7. The molecule has 2 aromatic rings. The molecule has 0 unspecified atom stereocenters. The molecule has 1 aromatic carbocycles. The number of nitrogens with one attached hydrogen (secondary N) is 2. The molecule has 0 saturated carbocycles. The molecule has 0 radical (unpaired) electrons. The van der Waals surface area contributed by atoms with Crippen molar-refractivity contribution in [1.82, 2.24) is 9.97 Å². The van der Waals surface area contributed by atoms with E-state index in [0.717, 1.165) is 30.5 Å². The average molecular weight is 256 g/mol. The Morgan fingerprint density at radius 2 is 1.74 bits per heavy atom. The van der Waals surface area contributed by atoms with Crippen LogP contribution in [0.25, 0.3) is 0 Å². The minimum Gasteiger partial charge on any atom is -0.370 e. The number of nitrogens with zero attached hydrogens (tertiary/aromatic N) is 2. The smallest absolute Gasteiger partial charge is 0.132 e. The third kappa shape index (κ3) is 3.95. The summed E-state index contributed by atoms with van der Waals surface area (Å²) in [7, 11) is 0. The third-order valence-electron chi connectivity index (χ3n) is 2.75. The highest BCUT2D eigenvalue weighted by Crippen LogP contribution is 2.12. The fraction of sp³-hybridized carbons (Fsp3) is 0.333. The Morgan fingerprint density at radius 1 is 1.00 bits per heavy atom. The van der Waals surface area contributed by atoms with Gasteiger partial charge in [-0.05, 0) is 26.3 Å². The van der Waals surface area contributed by atoms with Crippen LogP contribution in [0.15, 0.2) is 30.3 Å². The first-order valence-corrected chi connectivity index (χ1v) is 6.56. The van der Waals surface area contributed by atoms with Crippen molar-refractivity contribution in [3.63, 3.8) is 0 Å². The van der Waals surface area contributed by atoms with Gasteiger partial charge in [0.15, 0.2) is 0 Å². The number of rotatable bonds is 5. The molecule has 2 rings (SSSR count). The SMILES string of the molecule is CCNc1cc(NCc2cccc(C)c2)nc(C)n1. The number of aryl methyl sites for hydroxylation is 2. The summed E-state index contributed by atoms with van der Waals surface area (Å²) in [5, 5.41) is 6.54. The molecule has 0 aliphatic rings. The molecule has 1 aromatic heterocycles. The van der Waals surface area contributed by atoms with Crippen LogP contribution in [0.4, 0.5) is 11.6 Å². The Balaban J connectivity index is 2.06. The lowest BCUT2D eigenvalue weighted by Gasteiger charge is -2.09. The van der Waals surface area contributed by atoms with E-state index in [9.17, 15) is 0 Å². The highest BCUT2D eigenvalue weighted by Gasteiger charge is 2.01. The molecule has 0 aliphatic heterocycles. The lowest BCUT2D eigenvalue weighted by molar-refractivity contribution is 1.01. The van der Waals surface area contributed by atoms with E-state index in [4.69, 9.17) is 0 Å². The second-order valence-corrected chi connectivity index (χ2v) is 4.56. The number of benzene rings is 1. The van der Waals surface area contributed by atoms with Crippen LogP contribution in [0.3, 0.4) is 0 Å². The van der Waals surface area contributed by atoms with Gasteiger partial charge in [0, 0.05) is 19.2 Å². The van der Waals surface area contributed by atoms with Crippen molar-refractivity contribution >= 4 is 11.6 Å². The Kier molecular flexibility index (Phi) is 4.34. The predicted octanol–water partition coefficient (Wildman–Crippen LogP) is 3.14. The second-order valence-electron chi connectivity index (χ2n) is 4.56. The summed E-state index contributed by atoms with van der Waals surface area (Å²) in [4.78, 5) is 8.72. The van der Waals surface area contributed by atoms with Crippen molar-refractivity contribution in [2.75, 3.05) is 17.2 Å². The highest BCUT2D eigenvalue weighted by molar-refractivity contribution is 5.47. The minimum absolute atomic E-state index is 0.768. The molecule has 2 N–H and O–H groups in total. The van der Waals surface area contributed by atoms with E-state index in [0.29, 0.717) is 0 Å². The Labute approximate surface area is 114 Å². The van der Waals surface area contributed by atoms with Crippen LogP contribution in [0.5, 0.6) is 0 Å². The largest absolute Gasteiger partial charge is 0.370 e. The van der Waals surface area contributed by atoms with Crippen LogP contribution in [-0.2, 0) is 6.54 Å². The van der Waals surface area contributed by atoms with Gasteiger partial charge in [-0.3, -0.25) is 0 Å². The summed E-state index contributed by atoms with van der Waals surface area (Å²) in [5.74, 6) is 2.48. The van der Waals surface area contributed by atoms with Crippen molar-refractivity contribution in [2.24, 2.45) is 0 Å². The molecule has 0 saturated heterocycles. The van der Waals surface area contributed by atoms with Crippen LogP contribution in [0, 0.1) is 13.8 Å². The molecular formula is C15H20N4. The van der Waals surface area contributed by atoms with Crippen molar-refractivity contribution in [2.45, 2.75) is 27.3 Å². The molecule has 1 heterocycles. The van der Waals surface area contributed by atoms with Crippen molar-refractivity contribution < 1.29 is 0 Å². The lowest BCUT2D eigenvalue weighted by atomic mass is 10.1. The number of hydrogen-bond donors (Lipinski definition) is 2. The Hall–Kier alpha value is -2.10. The van der Waals surface area contributed by atoms with E-state index < -0.39 is 0 Å². The standard InChI is InChI=1S/C15H20N4/c1-4-16-14-9-15(19-12(3)18-14)17-10-13-7-5-6-11(2)8-13/h5-9H,4,10H2,1-3H3,(H2,16,17,18,19). The molecular weight excluding hydrogens is 236 g/mol. The summed E-state index contributed by atoms with van der Waals surface area (Å²) >= 11 is 0. The molecule has 0 aliphatic carbocycles. The maximum atomic E-state index is 4.39. The van der Waals surface area contributed by atoms with Gasteiger partial charge in [-0.1, -0.05) is 29.8 Å². The molecule has 4 heteroatoms. The quantitative estimate of drug-likeness (QED) is 0.863. The van der Waals surface area contributed by atoms with Crippen molar-refractivity contribution in [3.05, 3.63) is 47.3 Å². The van der Waals surface area contributed by atoms with Crippen molar-refractivity contribution in [3.8, 4) is 0 Å². The first-order valence-electron chi connectivity index (χ1n) is 6.56. The summed E-state index contributed by atoms with van der Waals surface area (Å²) in [6, 6.07) is 10.4. The summed E-state index contributed by atoms with van der Waals surface area (Å²) in [6.45, 7) is 7.68. The third-order valence-corrected chi connectivity index (χ3v) is 2.75. The molecule has 19 heavy (non-hydrogen) atoms. The molecule has 100 valence electrons. The topological polar surface area (TPSA) is 49.8 Å². The van der Waals surface area contributed by atoms with Crippen LogP contribution in [0.1, 0.15) is 23.9 Å². The van der Waals surface area contributed by atoms with Crippen LogP contribution in [-0.4, -0.2) is 16.5 Å². The molecule has 0 amide bonds. The Bertz CT molecular complexity index is 552. The van der Waals surface area contributed by atoms with E-state index in [1.54, 1.807) is 0 Å². The first kappa shape index (κ1) is 13.3. The van der Waals surface area contributed by atoms with Crippen LogP contribution < -0.4 is 10.6 Å². The van der Waals surface area contributed by atoms with Gasteiger partial charge in [0.1, 0.15) is 17.5 Å². The van der Waals surface area contributed by atoms with Gasteiger partial charge in [-0.2, -0.15) is 0 Å².